The van der Waals surface area contributed by atoms with Crippen LogP contribution in [0.3, 0.4) is 0 Å². The fourth-order valence-electron chi connectivity index (χ4n) is 3.64. The van der Waals surface area contributed by atoms with Gasteiger partial charge in [-0.05, 0) is 30.7 Å². The summed E-state index contributed by atoms with van der Waals surface area (Å²) in [5.74, 6) is 0.160. The predicted octanol–water partition coefficient (Wildman–Crippen LogP) is 4.99. The zero-order valence-electron chi connectivity index (χ0n) is 12.4. The van der Waals surface area contributed by atoms with Crippen LogP contribution in [0.2, 0.25) is 0 Å². The fourth-order valence-corrected chi connectivity index (χ4v) is 4.62. The molecule has 4 rings (SSSR count). The van der Waals surface area contributed by atoms with Crippen LogP contribution in [0.4, 0.5) is 4.39 Å². The highest BCUT2D eigenvalue weighted by Crippen LogP contribution is 2.77. The number of para-hydroxylation sites is 1. The first-order chi connectivity index (χ1) is 11.0. The first-order valence-electron chi connectivity index (χ1n) is 7.55. The molecule has 3 atom stereocenters. The highest BCUT2D eigenvalue weighted by Gasteiger charge is 2.83. The maximum Gasteiger partial charge on any atom is 0.161 e. The minimum atomic E-state index is -1.09. The minimum absolute atomic E-state index is 0.251. The van der Waals surface area contributed by atoms with Crippen molar-refractivity contribution in [2.24, 2.45) is 5.92 Å². The Kier molecular flexibility index (Phi) is 3.38. The van der Waals surface area contributed by atoms with Gasteiger partial charge in [-0.2, -0.15) is 0 Å². The maximum atomic E-state index is 13.2. The van der Waals surface area contributed by atoms with Gasteiger partial charge in [-0.25, -0.2) is 4.39 Å². The SMILES string of the molecule is CCOC12c3ccccc3OC(c3ccc(F)cc3)C1C2(Cl)Cl. The molecule has 2 nitrogen and oxygen atoms in total. The summed E-state index contributed by atoms with van der Waals surface area (Å²) in [5, 5.41) is 0. The average molecular weight is 353 g/mol. The second-order valence-corrected chi connectivity index (χ2v) is 7.24. The van der Waals surface area contributed by atoms with E-state index in [1.54, 1.807) is 12.1 Å². The minimum Gasteiger partial charge on any atom is -0.485 e. The number of benzene rings is 2. The normalized spacial score (nSPS) is 30.1. The van der Waals surface area contributed by atoms with Crippen molar-refractivity contribution in [1.29, 1.82) is 0 Å². The number of alkyl halides is 2. The number of rotatable bonds is 3. The lowest BCUT2D eigenvalue weighted by molar-refractivity contribution is -0.0119. The summed E-state index contributed by atoms with van der Waals surface area (Å²) in [6.07, 6.45) is -0.382. The Bertz CT molecular complexity index is 747. The van der Waals surface area contributed by atoms with E-state index in [-0.39, 0.29) is 17.8 Å². The zero-order valence-corrected chi connectivity index (χ0v) is 13.9. The first kappa shape index (κ1) is 15.3. The van der Waals surface area contributed by atoms with Crippen molar-refractivity contribution in [1.82, 2.24) is 0 Å². The molecule has 1 aliphatic carbocycles. The molecule has 2 aromatic carbocycles. The van der Waals surface area contributed by atoms with E-state index in [1.165, 1.54) is 12.1 Å². The quantitative estimate of drug-likeness (QED) is 0.724. The van der Waals surface area contributed by atoms with E-state index >= 15 is 0 Å². The summed E-state index contributed by atoms with van der Waals surface area (Å²) in [4.78, 5) is 0. The summed E-state index contributed by atoms with van der Waals surface area (Å²) >= 11 is 13.3. The van der Waals surface area contributed by atoms with Crippen molar-refractivity contribution >= 4 is 23.2 Å². The predicted molar refractivity (Wildman–Crippen MR) is 87.4 cm³/mol. The molecular weight excluding hydrogens is 338 g/mol. The number of halogens is 3. The monoisotopic (exact) mass is 352 g/mol. The van der Waals surface area contributed by atoms with Gasteiger partial charge in [0, 0.05) is 12.2 Å². The van der Waals surface area contributed by atoms with Crippen molar-refractivity contribution in [3.05, 3.63) is 65.5 Å². The molecule has 0 N–H and O–H groups in total. The zero-order chi connectivity index (χ0) is 16.2. The molecular formula is C18H15Cl2FO2. The highest BCUT2D eigenvalue weighted by atomic mass is 35.5. The molecule has 0 amide bonds. The van der Waals surface area contributed by atoms with Crippen molar-refractivity contribution in [2.75, 3.05) is 6.61 Å². The summed E-state index contributed by atoms with van der Waals surface area (Å²) < 4.78 is 24.3. The van der Waals surface area contributed by atoms with Crippen LogP contribution in [0.5, 0.6) is 5.75 Å². The van der Waals surface area contributed by atoms with E-state index in [4.69, 9.17) is 32.7 Å². The van der Waals surface area contributed by atoms with Crippen molar-refractivity contribution in [3.8, 4) is 5.75 Å². The highest BCUT2D eigenvalue weighted by molar-refractivity contribution is 6.52. The van der Waals surface area contributed by atoms with Gasteiger partial charge in [-0.1, -0.05) is 53.5 Å². The van der Waals surface area contributed by atoms with Gasteiger partial charge < -0.3 is 9.47 Å². The Morgan fingerprint density at radius 3 is 2.52 bits per heavy atom. The van der Waals surface area contributed by atoms with E-state index in [2.05, 4.69) is 0 Å². The van der Waals surface area contributed by atoms with E-state index in [1.807, 2.05) is 31.2 Å². The van der Waals surface area contributed by atoms with Gasteiger partial charge in [0.25, 0.3) is 0 Å². The van der Waals surface area contributed by atoms with Gasteiger partial charge in [0.1, 0.15) is 23.3 Å². The third-order valence-electron chi connectivity index (χ3n) is 4.65. The van der Waals surface area contributed by atoms with Crippen molar-refractivity contribution in [2.45, 2.75) is 23.0 Å². The maximum absolute atomic E-state index is 13.2. The van der Waals surface area contributed by atoms with E-state index in [0.717, 1.165) is 11.1 Å². The van der Waals surface area contributed by atoms with Gasteiger partial charge in [-0.15, -0.1) is 0 Å². The number of ether oxygens (including phenoxy) is 2. The Labute approximate surface area is 144 Å². The molecule has 0 saturated heterocycles. The molecule has 1 aliphatic heterocycles. The molecule has 3 unspecified atom stereocenters. The summed E-state index contributed by atoms with van der Waals surface area (Å²) in [7, 11) is 0. The van der Waals surface area contributed by atoms with Gasteiger partial charge in [0.15, 0.2) is 4.33 Å². The molecule has 0 spiro atoms. The summed E-state index contributed by atoms with van der Waals surface area (Å²) in [5.41, 5.74) is 0.909. The molecule has 0 radical (unpaired) electrons. The molecule has 1 fully saturated rings. The molecule has 2 aromatic rings. The molecule has 5 heteroatoms. The number of hydrogen-bond donors (Lipinski definition) is 0. The van der Waals surface area contributed by atoms with Crippen molar-refractivity contribution in [3.63, 3.8) is 0 Å². The molecule has 120 valence electrons. The lowest BCUT2D eigenvalue weighted by atomic mass is 9.95. The Morgan fingerprint density at radius 2 is 1.83 bits per heavy atom. The Morgan fingerprint density at radius 1 is 1.13 bits per heavy atom. The van der Waals surface area contributed by atoms with Crippen LogP contribution in [-0.2, 0) is 10.3 Å². The lowest BCUT2D eigenvalue weighted by Crippen LogP contribution is -2.27. The van der Waals surface area contributed by atoms with E-state index in [0.29, 0.717) is 12.4 Å². The molecule has 1 heterocycles. The summed E-state index contributed by atoms with van der Waals surface area (Å²) in [6.45, 7) is 2.40. The number of fused-ring (bicyclic) bond motifs is 3. The van der Waals surface area contributed by atoms with E-state index in [9.17, 15) is 4.39 Å². The van der Waals surface area contributed by atoms with Gasteiger partial charge in [0.2, 0.25) is 0 Å². The molecule has 0 aromatic heterocycles. The topological polar surface area (TPSA) is 18.5 Å². The molecule has 0 bridgehead atoms. The Balaban J connectivity index is 1.85. The standard InChI is InChI=1S/C18H15Cl2FO2/c1-2-22-17-13-5-3-4-6-14(13)23-15(16(17)18(17,19)20)11-7-9-12(21)10-8-11/h3-10,15-16H,2H2,1H3. The van der Waals surface area contributed by atoms with Gasteiger partial charge in [0.05, 0.1) is 5.92 Å². The Hall–Kier alpha value is -1.29. The third-order valence-corrected chi connectivity index (χ3v) is 5.69. The van der Waals surface area contributed by atoms with Crippen LogP contribution >= 0.6 is 23.2 Å². The van der Waals surface area contributed by atoms with Crippen LogP contribution in [0.1, 0.15) is 24.2 Å². The van der Waals surface area contributed by atoms with Gasteiger partial charge in [-0.3, -0.25) is 0 Å². The average Bonchev–Trinajstić information content (AvgIpc) is 3.05. The molecule has 1 saturated carbocycles. The van der Waals surface area contributed by atoms with Crippen molar-refractivity contribution < 1.29 is 13.9 Å². The smallest absolute Gasteiger partial charge is 0.161 e. The lowest BCUT2D eigenvalue weighted by Gasteiger charge is -2.31. The molecule has 2 aliphatic rings. The second kappa shape index (κ2) is 5.10. The largest absolute Gasteiger partial charge is 0.485 e. The molecule has 23 heavy (non-hydrogen) atoms. The van der Waals surface area contributed by atoms with Crippen LogP contribution in [0.25, 0.3) is 0 Å². The van der Waals surface area contributed by atoms with Crippen LogP contribution in [0.15, 0.2) is 48.5 Å². The van der Waals surface area contributed by atoms with Crippen LogP contribution < -0.4 is 4.74 Å². The number of hydrogen-bond acceptors (Lipinski definition) is 2. The third kappa shape index (κ3) is 1.97. The van der Waals surface area contributed by atoms with Crippen LogP contribution in [-0.4, -0.2) is 10.9 Å². The first-order valence-corrected chi connectivity index (χ1v) is 8.31. The van der Waals surface area contributed by atoms with E-state index < -0.39 is 9.93 Å². The fraction of sp³-hybridized carbons (Fsp3) is 0.333. The second-order valence-electron chi connectivity index (χ2n) is 5.86. The summed E-state index contributed by atoms with van der Waals surface area (Å²) in [6, 6.07) is 13.9. The van der Waals surface area contributed by atoms with Crippen LogP contribution in [0, 0.1) is 11.7 Å². The van der Waals surface area contributed by atoms with Gasteiger partial charge >= 0.3 is 0 Å².